The second-order valence-electron chi connectivity index (χ2n) is 15.5. The summed E-state index contributed by atoms with van der Waals surface area (Å²) in [7, 11) is 0.945. The second kappa shape index (κ2) is 20.3. The zero-order valence-corrected chi connectivity index (χ0v) is 37.2. The molecule has 0 bridgehead atoms. The van der Waals surface area contributed by atoms with Gasteiger partial charge in [-0.25, -0.2) is 19.6 Å². The minimum atomic E-state index is -3.78. The molecule has 1 saturated heterocycles. The van der Waals surface area contributed by atoms with Crippen LogP contribution < -0.4 is 14.8 Å². The van der Waals surface area contributed by atoms with E-state index in [2.05, 4.69) is 26.3 Å². The maximum absolute atomic E-state index is 17.7. The van der Waals surface area contributed by atoms with E-state index in [0.29, 0.717) is 33.8 Å². The van der Waals surface area contributed by atoms with Crippen LogP contribution in [0, 0.1) is 11.3 Å². The monoisotopic (exact) mass is 893 g/mol. The number of nitrogens with one attached hydrogen (secondary N) is 1. The summed E-state index contributed by atoms with van der Waals surface area (Å²) in [5.74, 6) is -3.01. The van der Waals surface area contributed by atoms with Gasteiger partial charge in [-0.05, 0) is 80.8 Å². The van der Waals surface area contributed by atoms with Gasteiger partial charge in [0.25, 0.3) is 14.4 Å². The number of hydrogen-bond acceptors (Lipinski definition) is 12. The number of hydrogen-bond donors (Lipinski definition) is 1. The molecule has 0 saturated carbocycles. The molecule has 1 N–H and O–H groups in total. The predicted octanol–water partition coefficient (Wildman–Crippen LogP) is 9.30. The molecule has 14 nitrogen and oxygen atoms in total. The van der Waals surface area contributed by atoms with Crippen LogP contribution in [0.15, 0.2) is 122 Å². The third kappa shape index (κ3) is 9.46. The third-order valence-corrected chi connectivity index (χ3v) is 12.8. The van der Waals surface area contributed by atoms with E-state index in [9.17, 15) is 10.1 Å². The molecule has 4 atom stereocenters. The first kappa shape index (κ1) is 46.1. The highest BCUT2D eigenvalue weighted by molar-refractivity contribution is 7.44. The van der Waals surface area contributed by atoms with E-state index in [1.54, 1.807) is 44.6 Å². The molecule has 17 heteroatoms. The summed E-state index contributed by atoms with van der Waals surface area (Å²) in [5.41, 5.74) is 1.09. The molecule has 2 aromatic heterocycles. The molecule has 334 valence electrons. The fraction of sp³-hybridized carbons (Fsp3) is 0.340. The van der Waals surface area contributed by atoms with Crippen molar-refractivity contribution >= 4 is 31.4 Å². The smallest absolute Gasteiger partial charge is 0.320 e. The van der Waals surface area contributed by atoms with Gasteiger partial charge >= 0.3 is 5.92 Å². The number of methoxy groups -OCH3 is 2. The summed E-state index contributed by atoms with van der Waals surface area (Å²) in [5, 5.41) is 12.1. The van der Waals surface area contributed by atoms with Crippen LogP contribution in [0.25, 0.3) is 11.2 Å². The molecule has 1 amide bonds. The van der Waals surface area contributed by atoms with Crippen LogP contribution in [0.1, 0.15) is 67.4 Å². The van der Waals surface area contributed by atoms with E-state index in [4.69, 9.17) is 28.0 Å². The number of alkyl halides is 2. The molecule has 64 heavy (non-hydrogen) atoms. The van der Waals surface area contributed by atoms with E-state index < -0.39 is 51.0 Å². The lowest BCUT2D eigenvalue weighted by Crippen LogP contribution is -2.45. The highest BCUT2D eigenvalue weighted by Crippen LogP contribution is 2.55. The molecule has 4 aromatic carbocycles. The van der Waals surface area contributed by atoms with Crippen molar-refractivity contribution in [1.82, 2.24) is 24.2 Å². The Balaban J connectivity index is 1.33. The number of imidazole rings is 1. The molecule has 1 unspecified atom stereocenters. The van der Waals surface area contributed by atoms with Gasteiger partial charge in [0, 0.05) is 17.6 Å². The molecule has 0 spiro atoms. The summed E-state index contributed by atoms with van der Waals surface area (Å²) in [6.45, 7) is 7.21. The van der Waals surface area contributed by atoms with E-state index in [0.717, 1.165) is 10.9 Å². The molecular weight excluding hydrogens is 844 g/mol. The molecule has 3 heterocycles. The molecule has 6 aromatic rings. The normalized spacial score (nSPS) is 17.8. The fourth-order valence-corrected chi connectivity index (χ4v) is 9.56. The van der Waals surface area contributed by atoms with Gasteiger partial charge < -0.3 is 33.3 Å². The number of rotatable bonds is 19. The largest absolute Gasteiger partial charge is 0.497 e. The lowest BCUT2D eigenvalue weighted by atomic mass is 9.80. The van der Waals surface area contributed by atoms with Gasteiger partial charge in [-0.3, -0.25) is 9.36 Å². The average Bonchev–Trinajstić information content (AvgIpc) is 3.84. The maximum atomic E-state index is 17.7. The first-order valence-corrected chi connectivity index (χ1v) is 21.9. The van der Waals surface area contributed by atoms with Crippen LogP contribution in [0.4, 0.5) is 14.6 Å². The number of amides is 1. The Hall–Kier alpha value is -5.92. The lowest BCUT2D eigenvalue weighted by molar-refractivity contribution is -0.135. The first-order valence-electron chi connectivity index (χ1n) is 20.7. The number of fused-ring (bicyclic) bond motifs is 1. The quantitative estimate of drug-likeness (QED) is 0.0468. The summed E-state index contributed by atoms with van der Waals surface area (Å²) in [4.78, 5) is 26.1. The summed E-state index contributed by atoms with van der Waals surface area (Å²) >= 11 is 0. The van der Waals surface area contributed by atoms with E-state index >= 15 is 8.78 Å². The molecule has 1 aliphatic heterocycles. The Morgan fingerprint density at radius 1 is 0.875 bits per heavy atom. The summed E-state index contributed by atoms with van der Waals surface area (Å²) in [6, 6.07) is 34.3. The van der Waals surface area contributed by atoms with E-state index in [1.807, 2.05) is 111 Å². The molecule has 1 aliphatic rings. The van der Waals surface area contributed by atoms with Crippen LogP contribution in [0.3, 0.4) is 0 Å². The Morgan fingerprint density at radius 2 is 1.45 bits per heavy atom. The summed E-state index contributed by atoms with van der Waals surface area (Å²) < 4.78 is 75.7. The summed E-state index contributed by atoms with van der Waals surface area (Å²) in [6.07, 6.45) is -3.08. The highest BCUT2D eigenvalue weighted by Gasteiger charge is 2.63. The molecule has 0 aliphatic carbocycles. The predicted molar refractivity (Wildman–Crippen MR) is 237 cm³/mol. The molecular formula is C47H50F2N7O7P. The topological polar surface area (TPSA) is 155 Å². The van der Waals surface area contributed by atoms with Crippen LogP contribution in [-0.4, -0.2) is 87.7 Å². The van der Waals surface area contributed by atoms with Crippen molar-refractivity contribution in [2.24, 2.45) is 0 Å². The Kier molecular flexibility index (Phi) is 14.6. The van der Waals surface area contributed by atoms with Gasteiger partial charge in [0.1, 0.15) is 29.5 Å². The Bertz CT molecular complexity index is 2450. The first-order chi connectivity index (χ1) is 30.9. The number of carbonyl (C=O) groups excluding carboxylic acids is 1. The second-order valence-corrected chi connectivity index (χ2v) is 16.9. The van der Waals surface area contributed by atoms with Crippen LogP contribution in [0.2, 0.25) is 0 Å². The van der Waals surface area contributed by atoms with Gasteiger partial charge in [0.2, 0.25) is 6.23 Å². The number of nitrogens with zero attached hydrogens (tertiary/aromatic N) is 6. The fourth-order valence-electron chi connectivity index (χ4n) is 7.79. The van der Waals surface area contributed by atoms with Crippen molar-refractivity contribution in [3.05, 3.63) is 144 Å². The van der Waals surface area contributed by atoms with Gasteiger partial charge in [-0.2, -0.15) is 14.0 Å². The Labute approximate surface area is 372 Å². The SMILES string of the molecule is COc1ccc(C(OC[C@H]2O[C@@H](n3cnc4c(NC(=O)c5ccccc5)ncnc43)C(F)(F)[C@@H]2OP(OCCC#N)N(C(C)C)C(C)C)(c2ccccc2)c2ccc(OC)cc2)cc1. The van der Waals surface area contributed by atoms with Gasteiger partial charge in [0.05, 0.1) is 46.3 Å². The molecule has 7 rings (SSSR count). The van der Waals surface area contributed by atoms with E-state index in [1.165, 1.54) is 6.33 Å². The van der Waals surface area contributed by atoms with Crippen LogP contribution >= 0.6 is 8.53 Å². The zero-order chi connectivity index (χ0) is 45.4. The van der Waals surface area contributed by atoms with E-state index in [-0.39, 0.29) is 42.1 Å². The van der Waals surface area contributed by atoms with Crippen molar-refractivity contribution in [3.8, 4) is 17.6 Å². The average molecular weight is 894 g/mol. The van der Waals surface area contributed by atoms with Crippen molar-refractivity contribution in [3.63, 3.8) is 0 Å². The minimum Gasteiger partial charge on any atom is -0.497 e. The van der Waals surface area contributed by atoms with Crippen LogP contribution in [0.5, 0.6) is 11.5 Å². The minimum absolute atomic E-state index is 0.0167. The van der Waals surface area contributed by atoms with Crippen molar-refractivity contribution in [2.75, 3.05) is 32.8 Å². The maximum Gasteiger partial charge on any atom is 0.320 e. The number of ether oxygens (including phenoxy) is 4. The number of carbonyl (C=O) groups is 1. The van der Waals surface area contributed by atoms with Crippen LogP contribution in [-0.2, 0) is 24.1 Å². The number of nitriles is 1. The number of aromatic nitrogens is 4. The Morgan fingerprint density at radius 3 is 2.02 bits per heavy atom. The standard InChI is InChI=1S/C47H50F2N7O7P/c1-31(2)56(32(3)4)64(61-27-13-26-50)63-41-39(62-45(47(41,48)49)55-30-53-40-42(51-29-52-43(40)55)54-44(57)33-14-9-7-10-15-33)28-60-46(34-16-11-8-12-17-34,35-18-22-37(58-5)23-19-35)36-20-24-38(59-6)25-21-36/h7-12,14-25,29-32,39,41,45H,13,27-28H2,1-6H3,(H,51,52,54,57)/t39-,41-,45-,64?/m1/s1. The van der Waals surface area contributed by atoms with Crippen molar-refractivity contribution in [1.29, 1.82) is 5.26 Å². The molecule has 1 fully saturated rings. The van der Waals surface area contributed by atoms with Gasteiger partial charge in [-0.15, -0.1) is 0 Å². The lowest BCUT2D eigenvalue weighted by Gasteiger charge is -2.39. The number of halogens is 2. The zero-order valence-electron chi connectivity index (χ0n) is 36.3. The van der Waals surface area contributed by atoms with Crippen molar-refractivity contribution < 1.29 is 41.6 Å². The highest BCUT2D eigenvalue weighted by atomic mass is 31.2. The van der Waals surface area contributed by atoms with Crippen molar-refractivity contribution in [2.45, 2.75) is 76.2 Å². The molecule has 0 radical (unpaired) electrons. The number of anilines is 1. The third-order valence-electron chi connectivity index (χ3n) is 10.7. The van der Waals surface area contributed by atoms with Gasteiger partial charge in [0.15, 0.2) is 23.1 Å². The number of benzene rings is 4. The van der Waals surface area contributed by atoms with Gasteiger partial charge in [-0.1, -0.05) is 72.8 Å².